The molecule has 0 aliphatic heterocycles. The number of aliphatic hydroxyl groups excluding tert-OH is 1. The van der Waals surface area contributed by atoms with E-state index in [-0.39, 0.29) is 6.61 Å². The Bertz CT molecular complexity index is 860. The minimum absolute atomic E-state index is 0.0755. The molecule has 0 fully saturated rings. The average molecular weight is 420 g/mol. The van der Waals surface area contributed by atoms with Crippen LogP contribution in [0.15, 0.2) is 42.5 Å². The maximum absolute atomic E-state index is 9.29. The highest BCUT2D eigenvalue weighted by atomic mass is 127. The van der Waals surface area contributed by atoms with Crippen molar-refractivity contribution in [3.63, 3.8) is 0 Å². The van der Waals surface area contributed by atoms with Crippen molar-refractivity contribution >= 4 is 39.3 Å². The number of nitrogens with one attached hydrogen (secondary N) is 1. The molecule has 3 nitrogen and oxygen atoms in total. The highest BCUT2D eigenvalue weighted by Crippen LogP contribution is 2.42. The number of aliphatic hydroxyl groups is 1. The van der Waals surface area contributed by atoms with Crippen molar-refractivity contribution in [1.82, 2.24) is 4.98 Å². The molecule has 110 valence electrons. The SMILES string of the molecule is OCc1cccc(-c2ccc3c(c2)Cc2sc(NI)nc2-3)c1. The second-order valence-corrected chi connectivity index (χ2v) is 6.92. The summed E-state index contributed by atoms with van der Waals surface area (Å²) in [6, 6.07) is 14.6. The zero-order chi connectivity index (χ0) is 15.1. The van der Waals surface area contributed by atoms with Gasteiger partial charge in [0, 0.05) is 16.9 Å². The molecule has 0 unspecified atom stereocenters. The van der Waals surface area contributed by atoms with Gasteiger partial charge in [0.25, 0.3) is 0 Å². The molecule has 0 radical (unpaired) electrons. The number of benzene rings is 2. The van der Waals surface area contributed by atoms with Crippen molar-refractivity contribution in [1.29, 1.82) is 0 Å². The van der Waals surface area contributed by atoms with Gasteiger partial charge in [-0.15, -0.1) is 11.3 Å². The topological polar surface area (TPSA) is 45.1 Å². The quantitative estimate of drug-likeness (QED) is 0.375. The summed E-state index contributed by atoms with van der Waals surface area (Å²) < 4.78 is 3.09. The van der Waals surface area contributed by atoms with E-state index in [1.807, 2.05) is 18.2 Å². The summed E-state index contributed by atoms with van der Waals surface area (Å²) in [6.45, 7) is 0.0755. The fourth-order valence-corrected chi connectivity index (χ4v) is 4.23. The first-order valence-corrected chi connectivity index (χ1v) is 8.88. The van der Waals surface area contributed by atoms with E-state index in [4.69, 9.17) is 0 Å². The lowest BCUT2D eigenvalue weighted by molar-refractivity contribution is 0.282. The molecule has 22 heavy (non-hydrogen) atoms. The number of thiazole rings is 1. The normalized spacial score (nSPS) is 12.1. The van der Waals surface area contributed by atoms with Crippen LogP contribution in [0.1, 0.15) is 16.0 Å². The molecule has 0 amide bonds. The van der Waals surface area contributed by atoms with E-state index in [2.05, 4.69) is 55.6 Å². The van der Waals surface area contributed by atoms with Crippen LogP contribution in [0.2, 0.25) is 0 Å². The molecule has 0 bridgehead atoms. The van der Waals surface area contributed by atoms with Gasteiger partial charge < -0.3 is 8.64 Å². The number of halogens is 1. The van der Waals surface area contributed by atoms with Crippen molar-refractivity contribution < 1.29 is 5.11 Å². The molecule has 1 heterocycles. The van der Waals surface area contributed by atoms with Crippen LogP contribution in [0, 0.1) is 0 Å². The van der Waals surface area contributed by atoms with Gasteiger partial charge in [0.05, 0.1) is 35.2 Å². The molecule has 4 rings (SSSR count). The summed E-state index contributed by atoms with van der Waals surface area (Å²) in [5, 5.41) is 10.3. The smallest absolute Gasteiger partial charge is 0.192 e. The average Bonchev–Trinajstić information content (AvgIpc) is 3.11. The lowest BCUT2D eigenvalue weighted by atomic mass is 9.99. The van der Waals surface area contributed by atoms with Gasteiger partial charge in [-0.05, 0) is 28.3 Å². The molecule has 3 aromatic rings. The van der Waals surface area contributed by atoms with Gasteiger partial charge in [0.15, 0.2) is 5.13 Å². The summed E-state index contributed by atoms with van der Waals surface area (Å²) >= 11 is 3.84. The van der Waals surface area contributed by atoms with Gasteiger partial charge >= 0.3 is 0 Å². The number of hydrogen-bond donors (Lipinski definition) is 2. The molecule has 0 atom stereocenters. The highest BCUT2D eigenvalue weighted by Gasteiger charge is 2.23. The molecule has 5 heteroatoms. The maximum Gasteiger partial charge on any atom is 0.192 e. The molecule has 0 saturated heterocycles. The predicted octanol–water partition coefficient (Wildman–Crippen LogP) is 4.64. The summed E-state index contributed by atoms with van der Waals surface area (Å²) in [7, 11) is 0. The van der Waals surface area contributed by atoms with E-state index in [0.717, 1.165) is 28.4 Å². The first-order valence-electron chi connectivity index (χ1n) is 6.98. The molecule has 1 aliphatic rings. The Labute approximate surface area is 146 Å². The molecule has 2 N–H and O–H groups in total. The van der Waals surface area contributed by atoms with E-state index in [0.29, 0.717) is 0 Å². The van der Waals surface area contributed by atoms with E-state index < -0.39 is 0 Å². The summed E-state index contributed by atoms with van der Waals surface area (Å²) in [6.07, 6.45) is 0.953. The van der Waals surface area contributed by atoms with Crippen molar-refractivity contribution in [2.45, 2.75) is 13.0 Å². The Morgan fingerprint density at radius 1 is 1.18 bits per heavy atom. The van der Waals surface area contributed by atoms with Crippen LogP contribution in [0.3, 0.4) is 0 Å². The van der Waals surface area contributed by atoms with Crippen LogP contribution >= 0.6 is 34.2 Å². The zero-order valence-electron chi connectivity index (χ0n) is 11.6. The third-order valence-corrected chi connectivity index (χ3v) is 5.78. The standard InChI is InChI=1S/C17H13IN2OS/c18-20-17-19-16-14-5-4-12(7-13(14)8-15(16)22-17)11-3-1-2-10(6-11)9-21/h1-7,21H,8-9H2,(H,19,20). The van der Waals surface area contributed by atoms with Crippen LogP contribution < -0.4 is 3.53 Å². The van der Waals surface area contributed by atoms with Crippen LogP contribution in [-0.4, -0.2) is 10.1 Å². The van der Waals surface area contributed by atoms with Crippen molar-refractivity contribution in [2.24, 2.45) is 0 Å². The lowest BCUT2D eigenvalue weighted by Crippen LogP contribution is -1.87. The summed E-state index contributed by atoms with van der Waals surface area (Å²) in [5.74, 6) is 0. The zero-order valence-corrected chi connectivity index (χ0v) is 14.6. The van der Waals surface area contributed by atoms with Gasteiger partial charge in [0.2, 0.25) is 0 Å². The Morgan fingerprint density at radius 3 is 2.86 bits per heavy atom. The minimum Gasteiger partial charge on any atom is -0.392 e. The molecule has 1 aromatic heterocycles. The van der Waals surface area contributed by atoms with E-state index in [1.165, 1.54) is 21.6 Å². The van der Waals surface area contributed by atoms with Crippen molar-refractivity contribution in [3.05, 3.63) is 58.5 Å². The third kappa shape index (κ3) is 2.33. The second-order valence-electron chi connectivity index (χ2n) is 5.29. The minimum atomic E-state index is 0.0755. The van der Waals surface area contributed by atoms with Crippen LogP contribution in [-0.2, 0) is 13.0 Å². The molecule has 2 aromatic carbocycles. The van der Waals surface area contributed by atoms with Crippen molar-refractivity contribution in [3.8, 4) is 22.4 Å². The highest BCUT2D eigenvalue weighted by molar-refractivity contribution is 14.1. The summed E-state index contributed by atoms with van der Waals surface area (Å²) in [4.78, 5) is 5.98. The molecule has 0 saturated carbocycles. The van der Waals surface area contributed by atoms with Crippen LogP contribution in [0.4, 0.5) is 5.13 Å². The lowest BCUT2D eigenvalue weighted by Gasteiger charge is -2.07. The maximum atomic E-state index is 9.29. The first-order chi connectivity index (χ1) is 10.8. The predicted molar refractivity (Wildman–Crippen MR) is 99.4 cm³/mol. The Hall–Kier alpha value is -1.44. The van der Waals surface area contributed by atoms with Gasteiger partial charge in [-0.1, -0.05) is 36.4 Å². The number of aromatic nitrogens is 1. The van der Waals surface area contributed by atoms with Crippen molar-refractivity contribution in [2.75, 3.05) is 3.53 Å². The second kappa shape index (κ2) is 5.64. The van der Waals surface area contributed by atoms with E-state index in [1.54, 1.807) is 11.3 Å². The largest absolute Gasteiger partial charge is 0.392 e. The van der Waals surface area contributed by atoms with Crippen LogP contribution in [0.5, 0.6) is 0 Å². The molecule has 0 spiro atoms. The number of anilines is 1. The van der Waals surface area contributed by atoms with Gasteiger partial charge in [-0.2, -0.15) is 0 Å². The van der Waals surface area contributed by atoms with Gasteiger partial charge in [-0.25, -0.2) is 4.98 Å². The fourth-order valence-electron chi connectivity index (χ4n) is 2.90. The number of fused-ring (bicyclic) bond motifs is 3. The van der Waals surface area contributed by atoms with Crippen LogP contribution in [0.25, 0.3) is 22.4 Å². The Morgan fingerprint density at radius 2 is 2.05 bits per heavy atom. The molecular weight excluding hydrogens is 407 g/mol. The number of rotatable bonds is 3. The van der Waals surface area contributed by atoms with Gasteiger partial charge in [0.1, 0.15) is 0 Å². The number of nitrogens with zero attached hydrogens (tertiary/aromatic N) is 1. The summed E-state index contributed by atoms with van der Waals surface area (Å²) in [5.41, 5.74) is 6.97. The Balaban J connectivity index is 1.75. The fraction of sp³-hybridized carbons (Fsp3) is 0.118. The Kier molecular flexibility index (Phi) is 3.63. The van der Waals surface area contributed by atoms with Gasteiger partial charge in [-0.3, -0.25) is 0 Å². The molecule has 1 aliphatic carbocycles. The first kappa shape index (κ1) is 14.2. The third-order valence-electron chi connectivity index (χ3n) is 3.93. The monoisotopic (exact) mass is 420 g/mol. The van der Waals surface area contributed by atoms with E-state index in [9.17, 15) is 5.11 Å². The molecular formula is C17H13IN2OS. The van der Waals surface area contributed by atoms with E-state index >= 15 is 0 Å². The number of hydrogen-bond acceptors (Lipinski definition) is 4.